The molecule has 0 spiro atoms. The molecule has 25 heavy (non-hydrogen) atoms. The summed E-state index contributed by atoms with van der Waals surface area (Å²) in [5, 5.41) is 14.2. The first-order valence-electron chi connectivity index (χ1n) is 7.55. The standard InChI is InChI=1S/C18H15F3N2O2/c1-12-7-9-13(10-8-12)15-11-17(25,18(19,20)21)23(22-15)16(24)14-5-3-2-4-6-14/h2-10,25H,11H2,1H3/t17-/m1/s1. The maximum Gasteiger partial charge on any atom is 0.438 e. The van der Waals surface area contributed by atoms with Gasteiger partial charge in [-0.25, -0.2) is 0 Å². The molecule has 0 bridgehead atoms. The molecule has 0 aromatic heterocycles. The Hall–Kier alpha value is -2.67. The minimum Gasteiger partial charge on any atom is -0.362 e. The molecule has 3 rings (SSSR count). The Balaban J connectivity index is 2.04. The van der Waals surface area contributed by atoms with Crippen LogP contribution in [0.3, 0.4) is 0 Å². The fourth-order valence-corrected chi connectivity index (χ4v) is 2.59. The van der Waals surface area contributed by atoms with Gasteiger partial charge in [-0.3, -0.25) is 4.79 Å². The molecule has 2 aromatic rings. The second kappa shape index (κ2) is 6.00. The molecule has 1 atom stereocenters. The number of aliphatic hydroxyl groups is 1. The molecule has 0 fully saturated rings. The van der Waals surface area contributed by atoms with E-state index in [0.717, 1.165) is 5.56 Å². The first kappa shape index (κ1) is 17.2. The van der Waals surface area contributed by atoms with Crippen LogP contribution in [-0.4, -0.2) is 33.6 Å². The monoisotopic (exact) mass is 348 g/mol. The van der Waals surface area contributed by atoms with E-state index in [1.165, 1.54) is 24.3 Å². The van der Waals surface area contributed by atoms with Crippen LogP contribution in [0.25, 0.3) is 0 Å². The molecule has 1 aliphatic rings. The predicted octanol–water partition coefficient (Wildman–Crippen LogP) is 3.50. The number of carbonyl (C=O) groups is 1. The third-order valence-electron chi connectivity index (χ3n) is 4.04. The van der Waals surface area contributed by atoms with Gasteiger partial charge in [0.2, 0.25) is 0 Å². The van der Waals surface area contributed by atoms with Gasteiger partial charge in [-0.15, -0.1) is 0 Å². The van der Waals surface area contributed by atoms with Gasteiger partial charge < -0.3 is 5.11 Å². The number of rotatable bonds is 2. The summed E-state index contributed by atoms with van der Waals surface area (Å²) in [6.45, 7) is 1.84. The maximum absolute atomic E-state index is 13.5. The van der Waals surface area contributed by atoms with E-state index in [2.05, 4.69) is 5.10 Å². The highest BCUT2D eigenvalue weighted by Crippen LogP contribution is 2.41. The zero-order valence-corrected chi connectivity index (χ0v) is 13.3. The third kappa shape index (κ3) is 3.02. The van der Waals surface area contributed by atoms with Crippen molar-refractivity contribution in [3.05, 3.63) is 71.3 Å². The van der Waals surface area contributed by atoms with Crippen LogP contribution in [-0.2, 0) is 0 Å². The summed E-state index contributed by atoms with van der Waals surface area (Å²) in [5.74, 6) is -1.01. The second-order valence-electron chi connectivity index (χ2n) is 5.89. The highest BCUT2D eigenvalue weighted by Gasteiger charge is 2.63. The Morgan fingerprint density at radius 2 is 1.72 bits per heavy atom. The van der Waals surface area contributed by atoms with Crippen molar-refractivity contribution >= 4 is 11.6 Å². The number of benzene rings is 2. The van der Waals surface area contributed by atoms with Crippen molar-refractivity contribution in [3.63, 3.8) is 0 Å². The number of halogens is 3. The van der Waals surface area contributed by atoms with Crippen LogP contribution in [0.2, 0.25) is 0 Å². The summed E-state index contributed by atoms with van der Waals surface area (Å²) < 4.78 is 40.5. The van der Waals surface area contributed by atoms with Gasteiger partial charge in [0.25, 0.3) is 11.6 Å². The van der Waals surface area contributed by atoms with Crippen LogP contribution in [0.5, 0.6) is 0 Å². The van der Waals surface area contributed by atoms with Crippen molar-refractivity contribution < 1.29 is 23.1 Å². The smallest absolute Gasteiger partial charge is 0.362 e. The molecule has 0 saturated heterocycles. The Kier molecular flexibility index (Phi) is 4.12. The largest absolute Gasteiger partial charge is 0.438 e. The maximum atomic E-state index is 13.5. The van der Waals surface area contributed by atoms with E-state index in [0.29, 0.717) is 5.56 Å². The van der Waals surface area contributed by atoms with E-state index in [1.54, 1.807) is 30.3 Å². The van der Waals surface area contributed by atoms with Crippen LogP contribution >= 0.6 is 0 Å². The molecule has 4 nitrogen and oxygen atoms in total. The molecule has 1 heterocycles. The van der Waals surface area contributed by atoms with Gasteiger partial charge in [0, 0.05) is 5.56 Å². The van der Waals surface area contributed by atoms with Crippen LogP contribution in [0.1, 0.15) is 27.9 Å². The Morgan fingerprint density at radius 3 is 2.28 bits per heavy atom. The van der Waals surface area contributed by atoms with Gasteiger partial charge in [0.15, 0.2) is 0 Å². The van der Waals surface area contributed by atoms with Gasteiger partial charge in [-0.1, -0.05) is 48.0 Å². The van der Waals surface area contributed by atoms with E-state index in [4.69, 9.17) is 0 Å². The van der Waals surface area contributed by atoms with Crippen molar-refractivity contribution in [1.29, 1.82) is 0 Å². The van der Waals surface area contributed by atoms with Crippen molar-refractivity contribution in [2.75, 3.05) is 0 Å². The molecule has 130 valence electrons. The van der Waals surface area contributed by atoms with Gasteiger partial charge in [0.05, 0.1) is 12.1 Å². The van der Waals surface area contributed by atoms with Crippen LogP contribution in [0.15, 0.2) is 59.7 Å². The molecule has 0 aliphatic carbocycles. The summed E-state index contributed by atoms with van der Waals surface area (Å²) in [4.78, 5) is 12.5. The van der Waals surface area contributed by atoms with Gasteiger partial charge in [0.1, 0.15) is 0 Å². The number of amides is 1. The topological polar surface area (TPSA) is 52.9 Å². The third-order valence-corrected chi connectivity index (χ3v) is 4.04. The lowest BCUT2D eigenvalue weighted by Gasteiger charge is -2.32. The molecule has 0 unspecified atom stereocenters. The first-order chi connectivity index (χ1) is 11.7. The van der Waals surface area contributed by atoms with E-state index >= 15 is 0 Å². The SMILES string of the molecule is Cc1ccc(C2=NN(C(=O)c3ccccc3)[C@](O)(C(F)(F)F)C2)cc1. The summed E-state index contributed by atoms with van der Waals surface area (Å²) in [6, 6.07) is 14.1. The average Bonchev–Trinajstić information content (AvgIpc) is 2.94. The van der Waals surface area contributed by atoms with Crippen molar-refractivity contribution in [2.45, 2.75) is 25.2 Å². The lowest BCUT2D eigenvalue weighted by atomic mass is 10.00. The van der Waals surface area contributed by atoms with E-state index < -0.39 is 24.2 Å². The summed E-state index contributed by atoms with van der Waals surface area (Å²) in [7, 11) is 0. The van der Waals surface area contributed by atoms with Crippen LogP contribution < -0.4 is 0 Å². The van der Waals surface area contributed by atoms with Crippen LogP contribution in [0.4, 0.5) is 13.2 Å². The summed E-state index contributed by atoms with van der Waals surface area (Å²) in [5.41, 5.74) is -1.99. The number of carbonyl (C=O) groups excluding carboxylic acids is 1. The second-order valence-corrected chi connectivity index (χ2v) is 5.89. The molecular weight excluding hydrogens is 333 g/mol. The zero-order chi connectivity index (χ0) is 18.2. The quantitative estimate of drug-likeness (QED) is 0.903. The normalized spacial score (nSPS) is 20.5. The van der Waals surface area contributed by atoms with Crippen molar-refractivity contribution in [1.82, 2.24) is 5.01 Å². The molecule has 2 aromatic carbocycles. The predicted molar refractivity (Wildman–Crippen MR) is 85.9 cm³/mol. The number of aryl methyl sites for hydroxylation is 1. The molecule has 1 aliphatic heterocycles. The van der Waals surface area contributed by atoms with Crippen molar-refractivity contribution in [3.8, 4) is 0 Å². The lowest BCUT2D eigenvalue weighted by Crippen LogP contribution is -2.56. The van der Waals surface area contributed by atoms with E-state index in [9.17, 15) is 23.1 Å². The minimum atomic E-state index is -5.05. The molecule has 1 N–H and O–H groups in total. The van der Waals surface area contributed by atoms with Gasteiger partial charge >= 0.3 is 6.18 Å². The summed E-state index contributed by atoms with van der Waals surface area (Å²) >= 11 is 0. The fourth-order valence-electron chi connectivity index (χ4n) is 2.59. The van der Waals surface area contributed by atoms with Gasteiger partial charge in [-0.2, -0.15) is 23.3 Å². The van der Waals surface area contributed by atoms with Crippen LogP contribution in [0, 0.1) is 6.92 Å². The van der Waals surface area contributed by atoms with Gasteiger partial charge in [-0.05, 0) is 24.6 Å². The van der Waals surface area contributed by atoms with E-state index in [-0.39, 0.29) is 16.3 Å². The molecule has 0 saturated carbocycles. The Morgan fingerprint density at radius 1 is 1.12 bits per heavy atom. The summed E-state index contributed by atoms with van der Waals surface area (Å²) in [6.07, 6.45) is -5.87. The first-order valence-corrected chi connectivity index (χ1v) is 7.55. The number of alkyl halides is 3. The van der Waals surface area contributed by atoms with Crippen molar-refractivity contribution in [2.24, 2.45) is 5.10 Å². The lowest BCUT2D eigenvalue weighted by molar-refractivity contribution is -0.297. The average molecular weight is 348 g/mol. The molecular formula is C18H15F3N2O2. The number of hydrogen-bond acceptors (Lipinski definition) is 3. The minimum absolute atomic E-state index is 0.00380. The number of hydrogen-bond donors (Lipinski definition) is 1. The number of nitrogens with zero attached hydrogens (tertiary/aromatic N) is 2. The highest BCUT2D eigenvalue weighted by molar-refractivity contribution is 6.05. The zero-order valence-electron chi connectivity index (χ0n) is 13.3. The highest BCUT2D eigenvalue weighted by atomic mass is 19.4. The molecule has 7 heteroatoms. The Labute approximate surface area is 142 Å². The Bertz CT molecular complexity index is 816. The van der Waals surface area contributed by atoms with E-state index in [1.807, 2.05) is 6.92 Å². The molecule has 0 radical (unpaired) electrons. The fraction of sp³-hybridized carbons (Fsp3) is 0.222. The number of hydrazone groups is 1. The molecule has 1 amide bonds.